The second-order valence-electron chi connectivity index (χ2n) is 4.78. The summed E-state index contributed by atoms with van der Waals surface area (Å²) < 4.78 is 0. The lowest BCUT2D eigenvalue weighted by Gasteiger charge is -2.23. The van der Waals surface area contributed by atoms with Crippen LogP contribution in [-0.4, -0.2) is 24.2 Å². The summed E-state index contributed by atoms with van der Waals surface area (Å²) in [5.41, 5.74) is 7.64. The Labute approximate surface area is 112 Å². The molecule has 0 radical (unpaired) electrons. The molecule has 0 aromatic heterocycles. The predicted octanol–water partition coefficient (Wildman–Crippen LogP) is 2.13. The SMILES string of the molecule is CC(C)C(CN)Nc1ccc2c(c1)NC(=O)CS2. The van der Waals surface area contributed by atoms with Gasteiger partial charge in [0.2, 0.25) is 5.91 Å². The van der Waals surface area contributed by atoms with Crippen molar-refractivity contribution in [2.75, 3.05) is 22.9 Å². The highest BCUT2D eigenvalue weighted by Crippen LogP contribution is 2.33. The van der Waals surface area contributed by atoms with Crippen LogP contribution < -0.4 is 16.4 Å². The summed E-state index contributed by atoms with van der Waals surface area (Å²) in [6, 6.07) is 6.30. The van der Waals surface area contributed by atoms with E-state index in [9.17, 15) is 4.79 Å². The van der Waals surface area contributed by atoms with Crippen LogP contribution >= 0.6 is 11.8 Å². The quantitative estimate of drug-likeness (QED) is 0.780. The smallest absolute Gasteiger partial charge is 0.234 e. The highest BCUT2D eigenvalue weighted by atomic mass is 32.2. The van der Waals surface area contributed by atoms with E-state index in [2.05, 4.69) is 24.5 Å². The number of thioether (sulfide) groups is 1. The van der Waals surface area contributed by atoms with Gasteiger partial charge in [0.1, 0.15) is 0 Å². The first-order chi connectivity index (χ1) is 8.60. The Morgan fingerprint density at radius 3 is 2.94 bits per heavy atom. The number of anilines is 2. The van der Waals surface area contributed by atoms with Gasteiger partial charge in [-0.25, -0.2) is 0 Å². The highest BCUT2D eigenvalue weighted by Gasteiger charge is 2.17. The Bertz CT molecular complexity index is 448. The maximum absolute atomic E-state index is 11.4. The van der Waals surface area contributed by atoms with Crippen molar-refractivity contribution in [3.8, 4) is 0 Å². The summed E-state index contributed by atoms with van der Waals surface area (Å²) in [5, 5.41) is 6.30. The van der Waals surface area contributed by atoms with Crippen LogP contribution in [0.5, 0.6) is 0 Å². The van der Waals surface area contributed by atoms with Gasteiger partial charge in [0.05, 0.1) is 11.4 Å². The van der Waals surface area contributed by atoms with Gasteiger partial charge in [-0.1, -0.05) is 13.8 Å². The first-order valence-electron chi connectivity index (χ1n) is 6.13. The zero-order valence-electron chi connectivity index (χ0n) is 10.7. The highest BCUT2D eigenvalue weighted by molar-refractivity contribution is 8.00. The molecule has 4 nitrogen and oxygen atoms in total. The van der Waals surface area contributed by atoms with Crippen LogP contribution in [-0.2, 0) is 4.79 Å². The number of nitrogens with one attached hydrogen (secondary N) is 2. The van der Waals surface area contributed by atoms with Gasteiger partial charge in [-0.15, -0.1) is 11.8 Å². The Morgan fingerprint density at radius 2 is 2.28 bits per heavy atom. The van der Waals surface area contributed by atoms with Crippen molar-refractivity contribution in [2.45, 2.75) is 24.8 Å². The van der Waals surface area contributed by atoms with Crippen LogP contribution in [0.1, 0.15) is 13.8 Å². The topological polar surface area (TPSA) is 67.2 Å². The van der Waals surface area contributed by atoms with Crippen molar-refractivity contribution in [2.24, 2.45) is 11.7 Å². The average Bonchev–Trinajstić information content (AvgIpc) is 2.35. The second kappa shape index (κ2) is 5.63. The summed E-state index contributed by atoms with van der Waals surface area (Å²) >= 11 is 1.57. The monoisotopic (exact) mass is 265 g/mol. The first-order valence-corrected chi connectivity index (χ1v) is 7.12. The zero-order chi connectivity index (χ0) is 13.1. The fourth-order valence-corrected chi connectivity index (χ4v) is 2.67. The van der Waals surface area contributed by atoms with Crippen LogP contribution in [0.15, 0.2) is 23.1 Å². The fourth-order valence-electron chi connectivity index (χ4n) is 1.88. The standard InChI is InChI=1S/C13H19N3OS/c1-8(2)11(6-14)15-9-3-4-12-10(5-9)16-13(17)7-18-12/h3-5,8,11,15H,6-7,14H2,1-2H3,(H,16,17). The van der Waals surface area contributed by atoms with E-state index in [0.717, 1.165) is 16.3 Å². The number of nitrogens with two attached hydrogens (primary N) is 1. The van der Waals surface area contributed by atoms with Gasteiger partial charge in [0.25, 0.3) is 0 Å². The summed E-state index contributed by atoms with van der Waals surface area (Å²) in [6.07, 6.45) is 0. The Balaban J connectivity index is 2.15. The molecular formula is C13H19N3OS. The van der Waals surface area contributed by atoms with Gasteiger partial charge in [-0.05, 0) is 24.1 Å². The molecule has 1 aromatic carbocycles. The molecule has 1 unspecified atom stereocenters. The van der Waals surface area contributed by atoms with Crippen LogP contribution in [0, 0.1) is 5.92 Å². The van der Waals surface area contributed by atoms with E-state index in [0.29, 0.717) is 18.2 Å². The number of amides is 1. The molecule has 0 spiro atoms. The first kappa shape index (κ1) is 13.2. The molecule has 1 atom stereocenters. The molecular weight excluding hydrogens is 246 g/mol. The molecule has 18 heavy (non-hydrogen) atoms. The molecule has 5 heteroatoms. The second-order valence-corrected chi connectivity index (χ2v) is 5.80. The largest absolute Gasteiger partial charge is 0.381 e. The maximum Gasteiger partial charge on any atom is 0.234 e. The Hall–Kier alpha value is -1.20. The van der Waals surface area contributed by atoms with Crippen molar-refractivity contribution in [3.63, 3.8) is 0 Å². The molecule has 0 fully saturated rings. The van der Waals surface area contributed by atoms with E-state index in [1.807, 2.05) is 18.2 Å². The lowest BCUT2D eigenvalue weighted by molar-refractivity contribution is -0.113. The number of rotatable bonds is 4. The van der Waals surface area contributed by atoms with Crippen molar-refractivity contribution >= 4 is 29.0 Å². The third-order valence-corrected chi connectivity index (χ3v) is 4.10. The lowest BCUT2D eigenvalue weighted by Crippen LogP contribution is -2.33. The van der Waals surface area contributed by atoms with E-state index >= 15 is 0 Å². The number of benzene rings is 1. The summed E-state index contributed by atoms with van der Waals surface area (Å²) in [7, 11) is 0. The van der Waals surface area contributed by atoms with E-state index in [4.69, 9.17) is 5.73 Å². The Morgan fingerprint density at radius 1 is 1.50 bits per heavy atom. The molecule has 98 valence electrons. The molecule has 1 aliphatic rings. The molecule has 0 bridgehead atoms. The van der Waals surface area contributed by atoms with Gasteiger partial charge in [0, 0.05) is 23.2 Å². The number of hydrogen-bond acceptors (Lipinski definition) is 4. The molecule has 0 saturated carbocycles. The minimum absolute atomic E-state index is 0.0592. The fraction of sp³-hybridized carbons (Fsp3) is 0.462. The third kappa shape index (κ3) is 2.97. The number of fused-ring (bicyclic) bond motifs is 1. The van der Waals surface area contributed by atoms with Crippen molar-refractivity contribution < 1.29 is 4.79 Å². The maximum atomic E-state index is 11.4. The van der Waals surface area contributed by atoms with E-state index in [-0.39, 0.29) is 11.9 Å². The average molecular weight is 265 g/mol. The number of carbonyl (C=O) groups is 1. The van der Waals surface area contributed by atoms with E-state index in [1.165, 1.54) is 0 Å². The summed E-state index contributed by atoms with van der Waals surface area (Å²) in [6.45, 7) is 4.87. The molecule has 1 aromatic rings. The summed E-state index contributed by atoms with van der Waals surface area (Å²) in [4.78, 5) is 12.5. The third-order valence-electron chi connectivity index (χ3n) is 3.02. The van der Waals surface area contributed by atoms with Crippen molar-refractivity contribution in [1.82, 2.24) is 0 Å². The zero-order valence-corrected chi connectivity index (χ0v) is 11.5. The molecule has 0 aliphatic carbocycles. The predicted molar refractivity (Wildman–Crippen MR) is 77.1 cm³/mol. The minimum atomic E-state index is 0.0592. The minimum Gasteiger partial charge on any atom is -0.381 e. The number of carbonyl (C=O) groups excluding carboxylic acids is 1. The van der Waals surface area contributed by atoms with Crippen molar-refractivity contribution in [1.29, 1.82) is 0 Å². The molecule has 1 heterocycles. The molecule has 0 saturated heterocycles. The van der Waals surface area contributed by atoms with Crippen LogP contribution in [0.25, 0.3) is 0 Å². The van der Waals surface area contributed by atoms with E-state index in [1.54, 1.807) is 11.8 Å². The normalized spacial score (nSPS) is 16.1. The van der Waals surface area contributed by atoms with Gasteiger partial charge in [0.15, 0.2) is 0 Å². The lowest BCUT2D eigenvalue weighted by atomic mass is 10.0. The molecule has 1 amide bonds. The van der Waals surface area contributed by atoms with E-state index < -0.39 is 0 Å². The molecule has 4 N–H and O–H groups in total. The molecule has 2 rings (SSSR count). The number of hydrogen-bond donors (Lipinski definition) is 3. The Kier molecular flexibility index (Phi) is 4.14. The van der Waals surface area contributed by atoms with Gasteiger partial charge in [-0.3, -0.25) is 4.79 Å². The summed E-state index contributed by atoms with van der Waals surface area (Å²) in [5.74, 6) is 1.02. The molecule has 1 aliphatic heterocycles. The van der Waals surface area contributed by atoms with Crippen LogP contribution in [0.3, 0.4) is 0 Å². The van der Waals surface area contributed by atoms with Gasteiger partial charge in [-0.2, -0.15) is 0 Å². The van der Waals surface area contributed by atoms with Crippen LogP contribution in [0.2, 0.25) is 0 Å². The van der Waals surface area contributed by atoms with Gasteiger partial charge < -0.3 is 16.4 Å². The van der Waals surface area contributed by atoms with Crippen molar-refractivity contribution in [3.05, 3.63) is 18.2 Å². The van der Waals surface area contributed by atoms with Gasteiger partial charge >= 0.3 is 0 Å². The van der Waals surface area contributed by atoms with Crippen LogP contribution in [0.4, 0.5) is 11.4 Å².